The summed E-state index contributed by atoms with van der Waals surface area (Å²) in [4.78, 5) is 37.8. The number of carboxylic acid groups (broad SMARTS) is 1. The number of nitrogens with zero attached hydrogens (tertiary/aromatic N) is 1. The molecule has 2 N–H and O–H groups in total. The van der Waals surface area contributed by atoms with Crippen LogP contribution < -0.4 is 5.32 Å². The van der Waals surface area contributed by atoms with Crippen molar-refractivity contribution in [2.45, 2.75) is 37.1 Å². The van der Waals surface area contributed by atoms with E-state index >= 15 is 0 Å². The normalized spacial score (nSPS) is 23.4. The number of nitrogens with one attached hydrogen (secondary N) is 1. The highest BCUT2D eigenvalue weighted by atomic mass is 16.6. The van der Waals surface area contributed by atoms with Crippen LogP contribution in [0.15, 0.2) is 48.5 Å². The molecule has 9 heteroatoms. The molecule has 0 spiro atoms. The number of carboxylic acids is 1. The number of hydrogen-bond donors (Lipinski definition) is 2. The van der Waals surface area contributed by atoms with E-state index in [2.05, 4.69) is 29.6 Å². The molecule has 0 bridgehead atoms. The number of morpholine rings is 1. The topological polar surface area (TPSA) is 114 Å². The predicted molar refractivity (Wildman–Crippen MR) is 125 cm³/mol. The number of rotatable bonds is 6. The van der Waals surface area contributed by atoms with Gasteiger partial charge < -0.3 is 29.5 Å². The number of benzene rings is 2. The van der Waals surface area contributed by atoms with Crippen molar-refractivity contribution in [2.24, 2.45) is 0 Å². The zero-order chi connectivity index (χ0) is 24.4. The van der Waals surface area contributed by atoms with E-state index in [1.54, 1.807) is 0 Å². The highest BCUT2D eigenvalue weighted by Gasteiger charge is 2.37. The van der Waals surface area contributed by atoms with Gasteiger partial charge in [0.1, 0.15) is 12.7 Å². The molecule has 2 amide bonds. The molecule has 0 aromatic heterocycles. The Kier molecular flexibility index (Phi) is 6.70. The quantitative estimate of drug-likeness (QED) is 0.653. The van der Waals surface area contributed by atoms with E-state index in [9.17, 15) is 14.4 Å². The molecule has 3 aliphatic rings. The Morgan fingerprint density at radius 3 is 2.37 bits per heavy atom. The van der Waals surface area contributed by atoms with Gasteiger partial charge in [-0.05, 0) is 35.1 Å². The molecule has 2 aromatic rings. The Hall–Kier alpha value is -3.43. The summed E-state index contributed by atoms with van der Waals surface area (Å²) in [5.74, 6) is -1.33. The fraction of sp³-hybridized carbons (Fsp3) is 0.423. The summed E-state index contributed by atoms with van der Waals surface area (Å²) in [5.41, 5.74) is 4.63. The molecule has 9 nitrogen and oxygen atoms in total. The summed E-state index contributed by atoms with van der Waals surface area (Å²) in [6, 6.07) is 16.3. The van der Waals surface area contributed by atoms with Gasteiger partial charge in [-0.3, -0.25) is 4.79 Å². The van der Waals surface area contributed by atoms with Crippen molar-refractivity contribution in [2.75, 3.05) is 32.8 Å². The van der Waals surface area contributed by atoms with Crippen LogP contribution in [0.1, 0.15) is 29.9 Å². The minimum absolute atomic E-state index is 0.0106. The molecule has 2 heterocycles. The summed E-state index contributed by atoms with van der Waals surface area (Å²) in [7, 11) is 0. The Morgan fingerprint density at radius 1 is 1.00 bits per heavy atom. The Bertz CT molecular complexity index is 1070. The molecule has 184 valence electrons. The molecule has 0 radical (unpaired) electrons. The number of ether oxygens (including phenoxy) is 3. The van der Waals surface area contributed by atoms with Crippen LogP contribution in [0.3, 0.4) is 0 Å². The van der Waals surface area contributed by atoms with Crippen LogP contribution in [0.2, 0.25) is 0 Å². The molecule has 35 heavy (non-hydrogen) atoms. The van der Waals surface area contributed by atoms with E-state index in [0.29, 0.717) is 19.4 Å². The van der Waals surface area contributed by atoms with Crippen molar-refractivity contribution in [3.05, 3.63) is 59.7 Å². The van der Waals surface area contributed by atoms with Gasteiger partial charge in [0, 0.05) is 19.0 Å². The molecule has 2 aromatic carbocycles. The third kappa shape index (κ3) is 4.87. The van der Waals surface area contributed by atoms with Gasteiger partial charge in [-0.2, -0.15) is 0 Å². The van der Waals surface area contributed by atoms with Crippen molar-refractivity contribution in [3.63, 3.8) is 0 Å². The summed E-state index contributed by atoms with van der Waals surface area (Å²) in [6.45, 7) is 1.000. The maximum atomic E-state index is 12.7. The van der Waals surface area contributed by atoms with Gasteiger partial charge in [-0.25, -0.2) is 9.59 Å². The van der Waals surface area contributed by atoms with E-state index in [4.69, 9.17) is 19.3 Å². The van der Waals surface area contributed by atoms with Crippen LogP contribution in [0.5, 0.6) is 0 Å². The molecule has 2 saturated heterocycles. The van der Waals surface area contributed by atoms with Crippen molar-refractivity contribution >= 4 is 18.0 Å². The average molecular weight is 481 g/mol. The van der Waals surface area contributed by atoms with Crippen LogP contribution >= 0.6 is 0 Å². The van der Waals surface area contributed by atoms with E-state index in [0.717, 1.165) is 11.1 Å². The van der Waals surface area contributed by atoms with Crippen LogP contribution in [0.25, 0.3) is 11.1 Å². The number of amides is 2. The largest absolute Gasteiger partial charge is 0.479 e. The summed E-state index contributed by atoms with van der Waals surface area (Å²) in [5, 5.41) is 11.9. The Morgan fingerprint density at radius 2 is 1.69 bits per heavy atom. The molecule has 0 saturated carbocycles. The van der Waals surface area contributed by atoms with Crippen LogP contribution in [0, 0.1) is 0 Å². The first kappa shape index (κ1) is 23.3. The molecule has 1 aliphatic carbocycles. The standard InChI is InChI=1S/C26H28N2O7/c29-24(28-11-12-33-23(14-28)25(30)31)22-10-9-16(35-22)13-27-26(32)34-15-21-19-7-3-1-5-17(19)18-6-2-4-8-20(18)21/h1-8,16,21-23H,9-15H2,(H,27,32)(H,30,31). The average Bonchev–Trinajstić information content (AvgIpc) is 3.49. The van der Waals surface area contributed by atoms with Gasteiger partial charge in [0.15, 0.2) is 6.10 Å². The van der Waals surface area contributed by atoms with Gasteiger partial charge >= 0.3 is 12.1 Å². The second-order valence-electron chi connectivity index (χ2n) is 9.01. The third-order valence-electron chi connectivity index (χ3n) is 6.85. The van der Waals surface area contributed by atoms with Crippen molar-refractivity contribution in [1.82, 2.24) is 10.2 Å². The summed E-state index contributed by atoms with van der Waals surface area (Å²) in [6.07, 6.45) is -1.35. The first-order valence-corrected chi connectivity index (χ1v) is 11.9. The van der Waals surface area contributed by atoms with Gasteiger partial charge in [-0.15, -0.1) is 0 Å². The minimum atomic E-state index is -1.08. The van der Waals surface area contributed by atoms with Gasteiger partial charge in [0.05, 0.1) is 19.3 Å². The third-order valence-corrected chi connectivity index (χ3v) is 6.85. The number of aliphatic carboxylic acids is 1. The second-order valence-corrected chi connectivity index (χ2v) is 9.01. The number of fused-ring (bicyclic) bond motifs is 3. The molecule has 2 aliphatic heterocycles. The molecule has 3 atom stereocenters. The number of carbonyl (C=O) groups excluding carboxylic acids is 2. The number of hydrogen-bond acceptors (Lipinski definition) is 6. The monoisotopic (exact) mass is 480 g/mol. The molecule has 5 rings (SSSR count). The van der Waals surface area contributed by atoms with Crippen molar-refractivity contribution < 1.29 is 33.7 Å². The predicted octanol–water partition coefficient (Wildman–Crippen LogP) is 2.38. The number of alkyl carbamates (subject to hydrolysis) is 1. The zero-order valence-electron chi connectivity index (χ0n) is 19.2. The fourth-order valence-corrected chi connectivity index (χ4v) is 5.09. The van der Waals surface area contributed by atoms with Crippen molar-refractivity contribution in [3.8, 4) is 11.1 Å². The van der Waals surface area contributed by atoms with Crippen LogP contribution in [0.4, 0.5) is 4.79 Å². The lowest BCUT2D eigenvalue weighted by molar-refractivity contribution is -0.163. The Balaban J connectivity index is 1.09. The van der Waals surface area contributed by atoms with E-state index in [-0.39, 0.29) is 44.2 Å². The lowest BCUT2D eigenvalue weighted by Gasteiger charge is -2.32. The fourth-order valence-electron chi connectivity index (χ4n) is 5.09. The van der Waals surface area contributed by atoms with Gasteiger partial charge in [0.25, 0.3) is 5.91 Å². The van der Waals surface area contributed by atoms with E-state index < -0.39 is 24.3 Å². The first-order valence-electron chi connectivity index (χ1n) is 11.9. The zero-order valence-corrected chi connectivity index (χ0v) is 19.2. The Labute approximate surface area is 203 Å². The SMILES string of the molecule is O=C(NCC1CCC(C(=O)N2CCOC(C(=O)O)C2)O1)OCC1c2ccccc2-c2ccccc21. The highest BCUT2D eigenvalue weighted by molar-refractivity contribution is 5.82. The molecular weight excluding hydrogens is 452 g/mol. The van der Waals surface area contributed by atoms with Crippen LogP contribution in [-0.4, -0.2) is 79.1 Å². The van der Waals surface area contributed by atoms with Gasteiger partial charge in [0.2, 0.25) is 0 Å². The maximum absolute atomic E-state index is 12.7. The second kappa shape index (κ2) is 10.1. The highest BCUT2D eigenvalue weighted by Crippen LogP contribution is 2.44. The lowest BCUT2D eigenvalue weighted by Crippen LogP contribution is -2.51. The summed E-state index contributed by atoms with van der Waals surface area (Å²) < 4.78 is 16.6. The summed E-state index contributed by atoms with van der Waals surface area (Å²) >= 11 is 0. The van der Waals surface area contributed by atoms with E-state index in [1.165, 1.54) is 16.0 Å². The van der Waals surface area contributed by atoms with Crippen LogP contribution in [-0.2, 0) is 23.8 Å². The van der Waals surface area contributed by atoms with Crippen molar-refractivity contribution in [1.29, 1.82) is 0 Å². The maximum Gasteiger partial charge on any atom is 0.407 e. The molecule has 2 fully saturated rings. The lowest BCUT2D eigenvalue weighted by atomic mass is 9.98. The molecule has 3 unspecified atom stereocenters. The first-order chi connectivity index (χ1) is 17.0. The minimum Gasteiger partial charge on any atom is -0.479 e. The van der Waals surface area contributed by atoms with Gasteiger partial charge in [-0.1, -0.05) is 48.5 Å². The smallest absolute Gasteiger partial charge is 0.407 e. The number of carbonyl (C=O) groups is 3. The van der Waals surface area contributed by atoms with E-state index in [1.807, 2.05) is 24.3 Å². The molecular formula is C26H28N2O7.